The summed E-state index contributed by atoms with van der Waals surface area (Å²) in [5, 5.41) is 0. The van der Waals surface area contributed by atoms with Crippen molar-refractivity contribution in [2.75, 3.05) is 0 Å². The summed E-state index contributed by atoms with van der Waals surface area (Å²) in [6.45, 7) is 0. The number of nitrogens with zero attached hydrogens (tertiary/aromatic N) is 1. The number of pyridine rings is 1. The van der Waals surface area contributed by atoms with Crippen molar-refractivity contribution in [3.63, 3.8) is 0 Å². The number of hydrogen-bond donors (Lipinski definition) is 1. The van der Waals surface area contributed by atoms with Gasteiger partial charge in [0.1, 0.15) is 0 Å². The summed E-state index contributed by atoms with van der Waals surface area (Å²) in [5.74, 6) is 0.686. The van der Waals surface area contributed by atoms with E-state index < -0.39 is 0 Å². The summed E-state index contributed by atoms with van der Waals surface area (Å²) in [6.07, 6.45) is 6.16. The van der Waals surface area contributed by atoms with Crippen molar-refractivity contribution >= 4 is 15.9 Å². The van der Waals surface area contributed by atoms with E-state index in [0.29, 0.717) is 5.92 Å². The Bertz CT molecular complexity index is 284. The normalized spacial score (nSPS) is 19.2. The first-order valence-corrected chi connectivity index (χ1v) is 4.93. The fourth-order valence-corrected chi connectivity index (χ4v) is 1.83. The third-order valence-corrected chi connectivity index (χ3v) is 3.01. The summed E-state index contributed by atoms with van der Waals surface area (Å²) >= 11 is 3.47. The maximum atomic E-state index is 6.03. The molecule has 0 spiro atoms. The van der Waals surface area contributed by atoms with Gasteiger partial charge in [-0.15, -0.1) is 0 Å². The standard InChI is InChI=1S/C9H11BrN2/c10-8-3-4-12-5-7(8)9(11)6-1-2-6/h3-6,9H,1-2,11H2/t9-/m0/s1. The van der Waals surface area contributed by atoms with E-state index in [2.05, 4.69) is 20.9 Å². The van der Waals surface area contributed by atoms with Crippen molar-refractivity contribution < 1.29 is 0 Å². The SMILES string of the molecule is N[C@H](c1cnccc1Br)C1CC1. The van der Waals surface area contributed by atoms with Crippen LogP contribution in [0.1, 0.15) is 24.4 Å². The minimum atomic E-state index is 0.174. The van der Waals surface area contributed by atoms with Gasteiger partial charge in [-0.05, 0) is 24.8 Å². The molecule has 1 aliphatic rings. The third-order valence-electron chi connectivity index (χ3n) is 2.29. The van der Waals surface area contributed by atoms with Gasteiger partial charge in [-0.2, -0.15) is 0 Å². The summed E-state index contributed by atoms with van der Waals surface area (Å²) in [7, 11) is 0. The second-order valence-corrected chi connectivity index (χ2v) is 4.11. The molecule has 0 unspecified atom stereocenters. The number of nitrogens with two attached hydrogens (primary N) is 1. The molecule has 1 aromatic rings. The van der Waals surface area contributed by atoms with Crippen LogP contribution >= 0.6 is 15.9 Å². The summed E-state index contributed by atoms with van der Waals surface area (Å²) < 4.78 is 1.08. The molecule has 0 radical (unpaired) electrons. The highest BCUT2D eigenvalue weighted by molar-refractivity contribution is 9.10. The summed E-state index contributed by atoms with van der Waals surface area (Å²) in [4.78, 5) is 4.07. The highest BCUT2D eigenvalue weighted by atomic mass is 79.9. The molecule has 2 rings (SSSR count). The summed E-state index contributed by atoms with van der Waals surface area (Å²) in [6, 6.07) is 2.12. The van der Waals surface area contributed by atoms with E-state index in [9.17, 15) is 0 Å². The van der Waals surface area contributed by atoms with E-state index in [-0.39, 0.29) is 6.04 Å². The predicted molar refractivity (Wildman–Crippen MR) is 51.6 cm³/mol. The Balaban J connectivity index is 2.25. The molecular weight excluding hydrogens is 216 g/mol. The Morgan fingerprint density at radius 3 is 2.92 bits per heavy atom. The lowest BCUT2D eigenvalue weighted by Crippen LogP contribution is -2.13. The molecule has 1 heterocycles. The lowest BCUT2D eigenvalue weighted by atomic mass is 10.1. The number of aromatic nitrogens is 1. The molecule has 12 heavy (non-hydrogen) atoms. The van der Waals surface area contributed by atoms with Gasteiger partial charge in [0.25, 0.3) is 0 Å². The predicted octanol–water partition coefficient (Wildman–Crippen LogP) is 2.25. The van der Waals surface area contributed by atoms with Gasteiger partial charge in [0.05, 0.1) is 0 Å². The zero-order valence-electron chi connectivity index (χ0n) is 6.70. The van der Waals surface area contributed by atoms with Gasteiger partial charge in [-0.25, -0.2) is 0 Å². The van der Waals surface area contributed by atoms with Gasteiger partial charge in [0.15, 0.2) is 0 Å². The zero-order valence-corrected chi connectivity index (χ0v) is 8.29. The quantitative estimate of drug-likeness (QED) is 0.841. The van der Waals surface area contributed by atoms with Gasteiger partial charge in [0, 0.05) is 28.5 Å². The molecule has 0 bridgehead atoms. The van der Waals surface area contributed by atoms with Gasteiger partial charge in [0.2, 0.25) is 0 Å². The van der Waals surface area contributed by atoms with E-state index in [4.69, 9.17) is 5.73 Å². The van der Waals surface area contributed by atoms with Crippen LogP contribution in [0.25, 0.3) is 0 Å². The van der Waals surface area contributed by atoms with E-state index in [1.165, 1.54) is 12.8 Å². The van der Waals surface area contributed by atoms with Crippen molar-refractivity contribution in [3.05, 3.63) is 28.5 Å². The fraction of sp³-hybridized carbons (Fsp3) is 0.444. The molecule has 1 aromatic heterocycles. The van der Waals surface area contributed by atoms with E-state index >= 15 is 0 Å². The van der Waals surface area contributed by atoms with Gasteiger partial charge in [-0.3, -0.25) is 4.98 Å². The van der Waals surface area contributed by atoms with Crippen LogP contribution in [0.5, 0.6) is 0 Å². The Morgan fingerprint density at radius 2 is 2.33 bits per heavy atom. The molecule has 1 aliphatic carbocycles. The third kappa shape index (κ3) is 1.52. The molecule has 0 aromatic carbocycles. The molecule has 1 atom stereocenters. The monoisotopic (exact) mass is 226 g/mol. The number of halogens is 1. The van der Waals surface area contributed by atoms with Crippen molar-refractivity contribution in [3.8, 4) is 0 Å². The Hall–Kier alpha value is -0.410. The average Bonchev–Trinajstić information content (AvgIpc) is 2.86. The molecular formula is C9H11BrN2. The van der Waals surface area contributed by atoms with Crippen LogP contribution in [0.2, 0.25) is 0 Å². The van der Waals surface area contributed by atoms with Gasteiger partial charge < -0.3 is 5.73 Å². The second kappa shape index (κ2) is 3.15. The Morgan fingerprint density at radius 1 is 1.58 bits per heavy atom. The van der Waals surface area contributed by atoms with Crippen LogP contribution < -0.4 is 5.73 Å². The highest BCUT2D eigenvalue weighted by Crippen LogP contribution is 2.40. The molecule has 64 valence electrons. The van der Waals surface area contributed by atoms with Crippen LogP contribution in [0.4, 0.5) is 0 Å². The van der Waals surface area contributed by atoms with Crippen molar-refractivity contribution in [1.82, 2.24) is 4.98 Å². The zero-order chi connectivity index (χ0) is 8.55. The van der Waals surface area contributed by atoms with Crippen LogP contribution in [0.15, 0.2) is 22.9 Å². The topological polar surface area (TPSA) is 38.9 Å². The van der Waals surface area contributed by atoms with Crippen molar-refractivity contribution in [2.45, 2.75) is 18.9 Å². The molecule has 2 nitrogen and oxygen atoms in total. The smallest absolute Gasteiger partial charge is 0.0350 e. The van der Waals surface area contributed by atoms with Crippen molar-refractivity contribution in [1.29, 1.82) is 0 Å². The Kier molecular flexibility index (Phi) is 2.15. The fourth-order valence-electron chi connectivity index (χ4n) is 1.34. The largest absolute Gasteiger partial charge is 0.324 e. The van der Waals surface area contributed by atoms with E-state index in [0.717, 1.165) is 10.0 Å². The molecule has 0 amide bonds. The van der Waals surface area contributed by atoms with Gasteiger partial charge in [-0.1, -0.05) is 15.9 Å². The highest BCUT2D eigenvalue weighted by Gasteiger charge is 2.30. The lowest BCUT2D eigenvalue weighted by Gasteiger charge is -2.11. The van der Waals surface area contributed by atoms with E-state index in [1.807, 2.05) is 12.3 Å². The number of hydrogen-bond acceptors (Lipinski definition) is 2. The summed E-state index contributed by atoms with van der Waals surface area (Å²) in [5.41, 5.74) is 7.17. The first-order chi connectivity index (χ1) is 5.79. The molecule has 0 aliphatic heterocycles. The van der Waals surface area contributed by atoms with Crippen LogP contribution in [-0.2, 0) is 0 Å². The second-order valence-electron chi connectivity index (χ2n) is 3.26. The lowest BCUT2D eigenvalue weighted by molar-refractivity contribution is 0.628. The molecule has 0 saturated heterocycles. The minimum Gasteiger partial charge on any atom is -0.324 e. The van der Waals surface area contributed by atoms with E-state index in [1.54, 1.807) is 6.20 Å². The maximum absolute atomic E-state index is 6.03. The average molecular weight is 227 g/mol. The maximum Gasteiger partial charge on any atom is 0.0350 e. The Labute approximate surface area is 80.3 Å². The van der Waals surface area contributed by atoms with Gasteiger partial charge >= 0.3 is 0 Å². The van der Waals surface area contributed by atoms with Crippen LogP contribution in [-0.4, -0.2) is 4.98 Å². The first-order valence-electron chi connectivity index (χ1n) is 4.14. The van der Waals surface area contributed by atoms with Crippen LogP contribution in [0.3, 0.4) is 0 Å². The minimum absolute atomic E-state index is 0.174. The van der Waals surface area contributed by atoms with Crippen molar-refractivity contribution in [2.24, 2.45) is 11.7 Å². The molecule has 1 saturated carbocycles. The molecule has 3 heteroatoms. The first kappa shape index (κ1) is 8.20. The number of rotatable bonds is 2. The molecule has 2 N–H and O–H groups in total. The molecule has 1 fully saturated rings. The van der Waals surface area contributed by atoms with Crippen LogP contribution in [0, 0.1) is 5.92 Å².